The number of carbonyl (C=O) groups is 1. The van der Waals surface area contributed by atoms with Gasteiger partial charge in [0.05, 0.1) is 9.82 Å². The van der Waals surface area contributed by atoms with Crippen molar-refractivity contribution in [2.24, 2.45) is 0 Å². The predicted molar refractivity (Wildman–Crippen MR) is 89.8 cm³/mol. The molecule has 1 amide bonds. The number of carbonyl (C=O) groups excluding carboxylic acids is 1. The molecule has 0 unspecified atom stereocenters. The van der Waals surface area contributed by atoms with Crippen LogP contribution < -0.4 is 10.1 Å². The third-order valence-electron chi connectivity index (χ3n) is 3.63. The van der Waals surface area contributed by atoms with Gasteiger partial charge in [0.1, 0.15) is 0 Å². The molecule has 0 radical (unpaired) electrons. The lowest BCUT2D eigenvalue weighted by molar-refractivity contribution is -0.386. The van der Waals surface area contributed by atoms with E-state index < -0.39 is 33.1 Å². The maximum atomic E-state index is 12.5. The van der Waals surface area contributed by atoms with Gasteiger partial charge in [0.25, 0.3) is 5.91 Å². The first kappa shape index (κ1) is 18.9. The van der Waals surface area contributed by atoms with E-state index in [0.717, 1.165) is 18.9 Å². The lowest BCUT2D eigenvalue weighted by Crippen LogP contribution is -2.29. The fourth-order valence-electron chi connectivity index (χ4n) is 2.38. The van der Waals surface area contributed by atoms with Gasteiger partial charge in [-0.05, 0) is 25.0 Å². The summed E-state index contributed by atoms with van der Waals surface area (Å²) < 4.78 is 31.4. The molecule has 1 N–H and O–H groups in total. The van der Waals surface area contributed by atoms with Crippen LogP contribution >= 0.6 is 0 Å². The summed E-state index contributed by atoms with van der Waals surface area (Å²) in [6, 6.07) is 3.41. The minimum Gasteiger partial charge on any atom is -0.477 e. The molecule has 1 fully saturated rings. The topological polar surface area (TPSA) is 119 Å². The number of amides is 1. The number of benzene rings is 1. The Kier molecular flexibility index (Phi) is 6.10. The Hall–Kier alpha value is -2.46. The maximum Gasteiger partial charge on any atom is 0.312 e. The molecule has 2 rings (SSSR count). The number of nitro groups is 1. The van der Waals surface area contributed by atoms with Crippen LogP contribution in [0.1, 0.15) is 12.8 Å². The van der Waals surface area contributed by atoms with E-state index in [4.69, 9.17) is 4.74 Å². The van der Waals surface area contributed by atoms with E-state index in [0.29, 0.717) is 13.1 Å². The zero-order valence-corrected chi connectivity index (χ0v) is 14.3. The third-order valence-corrected chi connectivity index (χ3v) is 5.53. The molecule has 0 aromatic heterocycles. The highest BCUT2D eigenvalue weighted by Gasteiger charge is 2.29. The highest BCUT2D eigenvalue weighted by Crippen LogP contribution is 2.31. The van der Waals surface area contributed by atoms with Gasteiger partial charge in [-0.25, -0.2) is 8.42 Å². The van der Waals surface area contributed by atoms with Crippen LogP contribution in [0.15, 0.2) is 35.7 Å². The molecule has 1 aromatic carbocycles. The second-order valence-corrected chi connectivity index (χ2v) is 7.32. The van der Waals surface area contributed by atoms with Gasteiger partial charge in [-0.3, -0.25) is 14.9 Å². The van der Waals surface area contributed by atoms with Crippen LogP contribution in [0.2, 0.25) is 0 Å². The molecule has 10 heteroatoms. The normalized spacial score (nSPS) is 14.9. The number of hydrogen-bond acceptors (Lipinski definition) is 6. The minimum absolute atomic E-state index is 0.162. The van der Waals surface area contributed by atoms with Crippen LogP contribution in [-0.4, -0.2) is 49.8 Å². The molecule has 9 nitrogen and oxygen atoms in total. The molecule has 1 aromatic rings. The van der Waals surface area contributed by atoms with Crippen molar-refractivity contribution in [1.82, 2.24) is 9.62 Å². The smallest absolute Gasteiger partial charge is 0.312 e. The molecule has 136 valence electrons. The van der Waals surface area contributed by atoms with Crippen molar-refractivity contribution in [2.45, 2.75) is 17.7 Å². The van der Waals surface area contributed by atoms with Crippen molar-refractivity contribution < 1.29 is 22.9 Å². The maximum absolute atomic E-state index is 12.5. The molecule has 1 heterocycles. The Bertz CT molecular complexity index is 771. The molecular weight excluding hydrogens is 350 g/mol. The van der Waals surface area contributed by atoms with Crippen LogP contribution in [0.3, 0.4) is 0 Å². The van der Waals surface area contributed by atoms with Crippen LogP contribution in [-0.2, 0) is 14.8 Å². The fraction of sp³-hybridized carbons (Fsp3) is 0.400. The number of hydrogen-bond donors (Lipinski definition) is 1. The Balaban J connectivity index is 2.21. The van der Waals surface area contributed by atoms with E-state index in [1.54, 1.807) is 0 Å². The zero-order chi connectivity index (χ0) is 18.4. The first-order chi connectivity index (χ1) is 11.9. The quantitative estimate of drug-likeness (QED) is 0.416. The molecule has 0 atom stereocenters. The Labute approximate surface area is 145 Å². The van der Waals surface area contributed by atoms with E-state index in [2.05, 4.69) is 11.9 Å². The van der Waals surface area contributed by atoms with Crippen LogP contribution in [0.4, 0.5) is 5.69 Å². The van der Waals surface area contributed by atoms with Crippen molar-refractivity contribution in [3.8, 4) is 5.75 Å². The summed E-state index contributed by atoms with van der Waals surface area (Å²) in [6.07, 6.45) is 3.02. The van der Waals surface area contributed by atoms with Gasteiger partial charge >= 0.3 is 5.69 Å². The van der Waals surface area contributed by atoms with Gasteiger partial charge in [0, 0.05) is 25.7 Å². The molecule has 0 bridgehead atoms. The standard InChI is InChI=1S/C15H19N3O6S/c1-2-7-16-15(19)11-24-14-6-5-12(10-13(14)18(20)21)25(22,23)17-8-3-4-9-17/h2,5-6,10H,1,3-4,7-9,11H2,(H,16,19). The van der Waals surface area contributed by atoms with Crippen molar-refractivity contribution in [3.63, 3.8) is 0 Å². The molecule has 1 saturated heterocycles. The van der Waals surface area contributed by atoms with Gasteiger partial charge in [0.2, 0.25) is 10.0 Å². The zero-order valence-electron chi connectivity index (χ0n) is 13.5. The largest absolute Gasteiger partial charge is 0.477 e. The van der Waals surface area contributed by atoms with Gasteiger partial charge in [-0.1, -0.05) is 6.08 Å². The molecule has 0 spiro atoms. The second-order valence-electron chi connectivity index (χ2n) is 5.38. The van der Waals surface area contributed by atoms with Crippen LogP contribution in [0.25, 0.3) is 0 Å². The summed E-state index contributed by atoms with van der Waals surface area (Å²) in [4.78, 5) is 21.8. The minimum atomic E-state index is -3.77. The summed E-state index contributed by atoms with van der Waals surface area (Å²) >= 11 is 0. The van der Waals surface area contributed by atoms with Gasteiger partial charge in [-0.15, -0.1) is 6.58 Å². The lowest BCUT2D eigenvalue weighted by Gasteiger charge is -2.15. The number of ether oxygens (including phenoxy) is 1. The molecule has 1 aliphatic heterocycles. The van der Waals surface area contributed by atoms with E-state index >= 15 is 0 Å². The molecule has 25 heavy (non-hydrogen) atoms. The summed E-state index contributed by atoms with van der Waals surface area (Å²) in [5, 5.41) is 13.7. The van der Waals surface area contributed by atoms with E-state index in [1.165, 1.54) is 22.5 Å². The summed E-state index contributed by atoms with van der Waals surface area (Å²) in [5.74, 6) is -0.637. The number of nitro benzene ring substituents is 1. The first-order valence-electron chi connectivity index (χ1n) is 7.65. The van der Waals surface area contributed by atoms with E-state index in [9.17, 15) is 23.3 Å². The van der Waals surface area contributed by atoms with Gasteiger partial charge in [-0.2, -0.15) is 4.31 Å². The van der Waals surface area contributed by atoms with Gasteiger partial charge < -0.3 is 10.1 Å². The molecule has 0 saturated carbocycles. The Morgan fingerprint density at radius 3 is 2.68 bits per heavy atom. The second kappa shape index (κ2) is 8.08. The molecular formula is C15H19N3O6S. The first-order valence-corrected chi connectivity index (χ1v) is 9.09. The van der Waals surface area contributed by atoms with Crippen molar-refractivity contribution in [1.29, 1.82) is 0 Å². The van der Waals surface area contributed by atoms with E-state index in [-0.39, 0.29) is 17.2 Å². The van der Waals surface area contributed by atoms with E-state index in [1.807, 2.05) is 0 Å². The third kappa shape index (κ3) is 4.54. The SMILES string of the molecule is C=CCNC(=O)COc1ccc(S(=O)(=O)N2CCCC2)cc1[N+](=O)[O-]. The monoisotopic (exact) mass is 369 g/mol. The summed E-state index contributed by atoms with van der Waals surface area (Å²) in [5.41, 5.74) is -0.503. The number of sulfonamides is 1. The Morgan fingerprint density at radius 2 is 2.08 bits per heavy atom. The number of rotatable bonds is 8. The van der Waals surface area contributed by atoms with Crippen molar-refractivity contribution in [2.75, 3.05) is 26.2 Å². The van der Waals surface area contributed by atoms with Crippen LogP contribution in [0, 0.1) is 10.1 Å². The molecule has 0 aliphatic carbocycles. The average molecular weight is 369 g/mol. The van der Waals surface area contributed by atoms with Crippen molar-refractivity contribution >= 4 is 21.6 Å². The lowest BCUT2D eigenvalue weighted by atomic mass is 10.3. The number of nitrogens with one attached hydrogen (secondary N) is 1. The van der Waals surface area contributed by atoms with Crippen molar-refractivity contribution in [3.05, 3.63) is 41.0 Å². The molecule has 1 aliphatic rings. The predicted octanol–water partition coefficient (Wildman–Crippen LogP) is 1.06. The Morgan fingerprint density at radius 1 is 1.40 bits per heavy atom. The van der Waals surface area contributed by atoms with Crippen LogP contribution in [0.5, 0.6) is 5.75 Å². The summed E-state index contributed by atoms with van der Waals surface area (Å²) in [7, 11) is -3.77. The highest BCUT2D eigenvalue weighted by atomic mass is 32.2. The average Bonchev–Trinajstić information content (AvgIpc) is 3.13. The summed E-state index contributed by atoms with van der Waals surface area (Å²) in [6.45, 7) is 4.07. The fourth-order valence-corrected chi connectivity index (χ4v) is 3.92. The highest BCUT2D eigenvalue weighted by molar-refractivity contribution is 7.89. The number of nitrogens with zero attached hydrogens (tertiary/aromatic N) is 2. The van der Waals surface area contributed by atoms with Gasteiger partial charge in [0.15, 0.2) is 12.4 Å².